The number of rotatable bonds is 5. The van der Waals surface area contributed by atoms with E-state index in [4.69, 9.17) is 4.74 Å². The van der Waals surface area contributed by atoms with Gasteiger partial charge in [-0.3, -0.25) is 9.59 Å². The lowest BCUT2D eigenvalue weighted by molar-refractivity contribution is -0.148. The van der Waals surface area contributed by atoms with E-state index in [-0.39, 0.29) is 41.6 Å². The Morgan fingerprint density at radius 2 is 1.90 bits per heavy atom. The van der Waals surface area contributed by atoms with Crippen LogP contribution in [-0.2, 0) is 14.3 Å². The molecule has 1 fully saturated rings. The van der Waals surface area contributed by atoms with Crippen LogP contribution in [0.1, 0.15) is 75.2 Å². The highest BCUT2D eigenvalue weighted by Gasteiger charge is 2.53. The smallest absolute Gasteiger partial charge is 0.303 e. The van der Waals surface area contributed by atoms with Gasteiger partial charge in [0.1, 0.15) is 6.10 Å². The standard InChI is InChI=1S/C25H41NO4/c1-15(2)26(23(28)24(7,8)9)14-17(4)20-11-10-18(5)25(29)13-22(30-19(6)27)16(3)12-21(20)25/h12,15,17-18,20-22,29H,10-11,14H2,1-9H3/t17-,18-,20+,21-,22-,25-/m1/s1. The Morgan fingerprint density at radius 1 is 1.30 bits per heavy atom. The summed E-state index contributed by atoms with van der Waals surface area (Å²) in [6, 6.07) is 0.121. The van der Waals surface area contributed by atoms with Gasteiger partial charge in [-0.25, -0.2) is 0 Å². The van der Waals surface area contributed by atoms with Gasteiger partial charge in [0.25, 0.3) is 0 Å². The van der Waals surface area contributed by atoms with Crippen LogP contribution in [0.25, 0.3) is 0 Å². The van der Waals surface area contributed by atoms with Crippen molar-refractivity contribution in [2.75, 3.05) is 6.54 Å². The number of carbonyl (C=O) groups excluding carboxylic acids is 2. The molecule has 5 nitrogen and oxygen atoms in total. The zero-order chi connectivity index (χ0) is 23.0. The molecule has 2 aliphatic rings. The molecule has 0 spiro atoms. The highest BCUT2D eigenvalue weighted by Crippen LogP contribution is 2.51. The van der Waals surface area contributed by atoms with E-state index in [1.165, 1.54) is 6.92 Å². The fraction of sp³-hybridized carbons (Fsp3) is 0.800. The second-order valence-corrected chi connectivity index (χ2v) is 10.8. The van der Waals surface area contributed by atoms with E-state index in [0.29, 0.717) is 6.54 Å². The highest BCUT2D eigenvalue weighted by molar-refractivity contribution is 5.81. The SMILES string of the molecule is CC(=O)O[C@@H]1[C][C@@]2(O)[C@H](C)CC[C@@H]([C@H](C)CN(C(=O)C(C)(C)C)C(C)C)[C@H]2C=C1C. The van der Waals surface area contributed by atoms with E-state index in [0.717, 1.165) is 18.4 Å². The largest absolute Gasteiger partial charge is 0.457 e. The zero-order valence-electron chi connectivity index (χ0n) is 20.3. The Labute approximate surface area is 183 Å². The number of hydrogen-bond acceptors (Lipinski definition) is 4. The van der Waals surface area contributed by atoms with Gasteiger partial charge in [-0.2, -0.15) is 0 Å². The van der Waals surface area contributed by atoms with E-state index < -0.39 is 17.1 Å². The van der Waals surface area contributed by atoms with Gasteiger partial charge in [-0.1, -0.05) is 40.7 Å². The first kappa shape index (κ1) is 24.9. The number of fused-ring (bicyclic) bond motifs is 1. The summed E-state index contributed by atoms with van der Waals surface area (Å²) in [4.78, 5) is 26.5. The summed E-state index contributed by atoms with van der Waals surface area (Å²) < 4.78 is 5.40. The molecule has 0 saturated heterocycles. The normalized spacial score (nSPS) is 32.8. The van der Waals surface area contributed by atoms with Crippen molar-refractivity contribution in [3.63, 3.8) is 0 Å². The Morgan fingerprint density at radius 3 is 2.40 bits per heavy atom. The molecule has 2 rings (SSSR count). The molecule has 170 valence electrons. The molecule has 0 aliphatic heterocycles. The molecule has 0 heterocycles. The lowest BCUT2D eigenvalue weighted by atomic mass is 9.57. The monoisotopic (exact) mass is 419 g/mol. The number of hydrogen-bond donors (Lipinski definition) is 1. The Kier molecular flexibility index (Phi) is 7.49. The van der Waals surface area contributed by atoms with Crippen LogP contribution in [0.3, 0.4) is 0 Å². The molecule has 2 aliphatic carbocycles. The summed E-state index contributed by atoms with van der Waals surface area (Å²) in [5.74, 6) is 0.170. The van der Waals surface area contributed by atoms with Crippen LogP contribution in [0.15, 0.2) is 11.6 Å². The minimum atomic E-state index is -1.13. The minimum absolute atomic E-state index is 0.0331. The molecule has 5 heteroatoms. The van der Waals surface area contributed by atoms with E-state index in [2.05, 4.69) is 33.3 Å². The predicted octanol–water partition coefficient (Wildman–Crippen LogP) is 4.27. The van der Waals surface area contributed by atoms with Crippen molar-refractivity contribution in [2.24, 2.45) is 29.1 Å². The minimum Gasteiger partial charge on any atom is -0.457 e. The lowest BCUT2D eigenvalue weighted by Crippen LogP contribution is -2.57. The van der Waals surface area contributed by atoms with Crippen LogP contribution in [-0.4, -0.2) is 46.2 Å². The molecule has 0 aromatic carbocycles. The first-order chi connectivity index (χ1) is 13.7. The summed E-state index contributed by atoms with van der Waals surface area (Å²) in [5.41, 5.74) is -0.642. The van der Waals surface area contributed by atoms with Crippen LogP contribution >= 0.6 is 0 Å². The van der Waals surface area contributed by atoms with Gasteiger partial charge < -0.3 is 14.7 Å². The number of carbonyl (C=O) groups is 2. The van der Waals surface area contributed by atoms with E-state index in [9.17, 15) is 14.7 Å². The molecule has 2 radical (unpaired) electrons. The van der Waals surface area contributed by atoms with Crippen molar-refractivity contribution in [3.05, 3.63) is 18.1 Å². The Balaban J connectivity index is 2.30. The molecule has 0 aromatic rings. The van der Waals surface area contributed by atoms with Gasteiger partial charge in [0.2, 0.25) is 5.91 Å². The van der Waals surface area contributed by atoms with Crippen molar-refractivity contribution in [1.29, 1.82) is 0 Å². The van der Waals surface area contributed by atoms with Gasteiger partial charge in [0, 0.05) is 30.8 Å². The number of ether oxygens (including phenoxy) is 1. The zero-order valence-corrected chi connectivity index (χ0v) is 20.3. The highest BCUT2D eigenvalue weighted by atomic mass is 16.5. The summed E-state index contributed by atoms with van der Waals surface area (Å²) >= 11 is 0. The Hall–Kier alpha value is -1.36. The molecule has 0 unspecified atom stereocenters. The van der Waals surface area contributed by atoms with Crippen molar-refractivity contribution in [1.82, 2.24) is 4.90 Å². The number of nitrogens with zero attached hydrogens (tertiary/aromatic N) is 1. The molecule has 30 heavy (non-hydrogen) atoms. The molecule has 1 amide bonds. The summed E-state index contributed by atoms with van der Waals surface area (Å²) in [5, 5.41) is 11.6. The average molecular weight is 420 g/mol. The molecular weight excluding hydrogens is 378 g/mol. The topological polar surface area (TPSA) is 66.8 Å². The Bertz CT molecular complexity index is 677. The second-order valence-electron chi connectivity index (χ2n) is 10.8. The molecule has 0 aromatic heterocycles. The molecule has 1 N–H and O–H groups in total. The fourth-order valence-electron chi connectivity index (χ4n) is 5.01. The summed E-state index contributed by atoms with van der Waals surface area (Å²) in [6.07, 6.45) is 6.60. The summed E-state index contributed by atoms with van der Waals surface area (Å²) in [7, 11) is 0. The number of amides is 1. The maximum Gasteiger partial charge on any atom is 0.303 e. The first-order valence-electron chi connectivity index (χ1n) is 11.3. The van der Waals surface area contributed by atoms with E-state index in [1.54, 1.807) is 0 Å². The lowest BCUT2D eigenvalue weighted by Gasteiger charge is -2.53. The van der Waals surface area contributed by atoms with Crippen LogP contribution in [0.4, 0.5) is 0 Å². The molecule has 6 atom stereocenters. The van der Waals surface area contributed by atoms with Gasteiger partial charge >= 0.3 is 5.97 Å². The van der Waals surface area contributed by atoms with E-state index >= 15 is 0 Å². The third kappa shape index (κ3) is 5.09. The van der Waals surface area contributed by atoms with Crippen LogP contribution in [0, 0.1) is 35.5 Å². The fourth-order valence-corrected chi connectivity index (χ4v) is 5.01. The first-order valence-corrected chi connectivity index (χ1v) is 11.3. The summed E-state index contributed by atoms with van der Waals surface area (Å²) in [6.45, 7) is 18.2. The van der Waals surface area contributed by atoms with Gasteiger partial charge in [0.05, 0.1) is 12.0 Å². The van der Waals surface area contributed by atoms with Crippen molar-refractivity contribution in [2.45, 2.75) is 92.9 Å². The van der Waals surface area contributed by atoms with Gasteiger partial charge in [-0.05, 0) is 56.9 Å². The van der Waals surface area contributed by atoms with Crippen molar-refractivity contribution in [3.8, 4) is 0 Å². The average Bonchev–Trinajstić information content (AvgIpc) is 2.60. The van der Waals surface area contributed by atoms with Crippen LogP contribution in [0.5, 0.6) is 0 Å². The van der Waals surface area contributed by atoms with Crippen molar-refractivity contribution < 1.29 is 19.4 Å². The van der Waals surface area contributed by atoms with Crippen LogP contribution in [0.2, 0.25) is 0 Å². The number of aliphatic hydroxyl groups is 1. The van der Waals surface area contributed by atoms with Gasteiger partial charge in [-0.15, -0.1) is 0 Å². The maximum absolute atomic E-state index is 13.0. The number of esters is 1. The third-order valence-electron chi connectivity index (χ3n) is 6.90. The van der Waals surface area contributed by atoms with Crippen molar-refractivity contribution >= 4 is 11.9 Å². The predicted molar refractivity (Wildman–Crippen MR) is 118 cm³/mol. The molecule has 1 saturated carbocycles. The second kappa shape index (κ2) is 9.02. The van der Waals surface area contributed by atoms with Crippen LogP contribution < -0.4 is 0 Å². The van der Waals surface area contributed by atoms with Gasteiger partial charge in [0.15, 0.2) is 0 Å². The molecular formula is C25H41NO4. The molecule has 0 bridgehead atoms. The third-order valence-corrected chi connectivity index (χ3v) is 6.90. The maximum atomic E-state index is 13.0. The quantitative estimate of drug-likeness (QED) is 0.534. The van der Waals surface area contributed by atoms with E-state index in [1.807, 2.05) is 39.5 Å².